The Labute approximate surface area is 226 Å². The van der Waals surface area contributed by atoms with Crippen LogP contribution in [-0.4, -0.2) is 74.6 Å². The van der Waals surface area contributed by atoms with E-state index in [1.165, 1.54) is 25.1 Å². The molecule has 0 spiro atoms. The van der Waals surface area contributed by atoms with Gasteiger partial charge in [0.25, 0.3) is 5.91 Å². The number of nitrogens with two attached hydrogens (primary N) is 1. The number of hydrogen-bond donors (Lipinski definition) is 6. The summed E-state index contributed by atoms with van der Waals surface area (Å²) in [5, 5.41) is 47.7. The van der Waals surface area contributed by atoms with Crippen LogP contribution in [0.15, 0.2) is 23.0 Å². The Balaban J connectivity index is 1.85. The summed E-state index contributed by atoms with van der Waals surface area (Å²) in [7, 11) is 3.03. The van der Waals surface area contributed by atoms with E-state index in [0.717, 1.165) is 0 Å². The van der Waals surface area contributed by atoms with Gasteiger partial charge in [-0.1, -0.05) is 20.8 Å². The van der Waals surface area contributed by atoms with E-state index in [0.29, 0.717) is 0 Å². The highest BCUT2D eigenvalue weighted by Gasteiger charge is 2.64. The minimum Gasteiger partial charge on any atom is -0.508 e. The number of ketones is 2. The SMILES string of the molecule is C[C@@H](NCc1cc(O)c2c(c1F)C[C@H]1C[C@H]3[C@H](N(C)C)C(=O)C(C(N)=O)=C(O)[C@@]3(O)C(=O)C1=C2O)C(C)(C)C. The number of nitrogens with zero attached hydrogens (tertiary/aromatic N) is 1. The van der Waals surface area contributed by atoms with Gasteiger partial charge in [0, 0.05) is 35.2 Å². The summed E-state index contributed by atoms with van der Waals surface area (Å²) < 4.78 is 15.8. The summed E-state index contributed by atoms with van der Waals surface area (Å²) in [6.45, 7) is 8.18. The lowest BCUT2D eigenvalue weighted by molar-refractivity contribution is -0.153. The Morgan fingerprint density at radius 1 is 1.26 bits per heavy atom. The summed E-state index contributed by atoms with van der Waals surface area (Å²) in [6.07, 6.45) is -0.202. The molecule has 0 heterocycles. The van der Waals surface area contributed by atoms with E-state index in [4.69, 9.17) is 5.73 Å². The number of nitrogens with one attached hydrogen (secondary N) is 1. The number of hydrogen-bond acceptors (Lipinski definition) is 9. The first-order valence-corrected chi connectivity index (χ1v) is 12.9. The molecule has 7 N–H and O–H groups in total. The second kappa shape index (κ2) is 9.42. The van der Waals surface area contributed by atoms with Crippen LogP contribution < -0.4 is 11.1 Å². The predicted molar refractivity (Wildman–Crippen MR) is 140 cm³/mol. The molecular weight excluding hydrogens is 509 g/mol. The molecule has 1 saturated carbocycles. The van der Waals surface area contributed by atoms with E-state index in [-0.39, 0.29) is 53.1 Å². The van der Waals surface area contributed by atoms with Crippen molar-refractivity contribution in [2.24, 2.45) is 23.0 Å². The fraction of sp³-hybridized carbons (Fsp3) is 0.536. The van der Waals surface area contributed by atoms with Gasteiger partial charge in [0.1, 0.15) is 28.7 Å². The van der Waals surface area contributed by atoms with Gasteiger partial charge in [0.15, 0.2) is 11.4 Å². The van der Waals surface area contributed by atoms with Crippen molar-refractivity contribution in [1.29, 1.82) is 0 Å². The second-order valence-corrected chi connectivity index (χ2v) is 12.2. The van der Waals surface area contributed by atoms with Crippen LogP contribution in [0.1, 0.15) is 50.8 Å². The van der Waals surface area contributed by atoms with Gasteiger partial charge in [-0.05, 0) is 51.3 Å². The number of rotatable bonds is 5. The van der Waals surface area contributed by atoms with E-state index in [2.05, 4.69) is 5.32 Å². The molecule has 0 aliphatic heterocycles. The number of Topliss-reactive ketones (excluding diaryl/α,β-unsaturated/α-hetero) is 2. The van der Waals surface area contributed by atoms with Crippen LogP contribution in [0.4, 0.5) is 4.39 Å². The van der Waals surface area contributed by atoms with E-state index < -0.39 is 69.6 Å². The highest BCUT2D eigenvalue weighted by molar-refractivity contribution is 6.24. The van der Waals surface area contributed by atoms with Crippen LogP contribution in [0, 0.1) is 23.1 Å². The first-order valence-electron chi connectivity index (χ1n) is 12.9. The van der Waals surface area contributed by atoms with Crippen LogP contribution >= 0.6 is 0 Å². The van der Waals surface area contributed by atoms with Crippen LogP contribution in [0.25, 0.3) is 5.76 Å². The van der Waals surface area contributed by atoms with Gasteiger partial charge < -0.3 is 31.5 Å². The molecule has 0 radical (unpaired) electrons. The summed E-state index contributed by atoms with van der Waals surface area (Å²) in [6, 6.07) is -0.000810. The van der Waals surface area contributed by atoms with Crippen molar-refractivity contribution in [2.45, 2.75) is 64.8 Å². The fourth-order valence-electron chi connectivity index (χ4n) is 6.04. The maximum absolute atomic E-state index is 15.8. The minimum atomic E-state index is -2.73. The number of halogens is 1. The molecule has 4 rings (SSSR count). The number of aromatic hydroxyl groups is 1. The monoisotopic (exact) mass is 545 g/mol. The highest BCUT2D eigenvalue weighted by Crippen LogP contribution is 2.53. The van der Waals surface area contributed by atoms with Gasteiger partial charge in [0.2, 0.25) is 5.78 Å². The molecule has 3 aliphatic rings. The number of phenols is 1. The van der Waals surface area contributed by atoms with E-state index in [9.17, 15) is 34.8 Å². The number of phenolic OH excluding ortho intramolecular Hbond substituents is 1. The molecular formula is C28H36FN3O7. The summed E-state index contributed by atoms with van der Waals surface area (Å²) in [4.78, 5) is 40.4. The van der Waals surface area contributed by atoms with Crippen molar-refractivity contribution < 1.29 is 39.2 Å². The molecule has 10 nitrogen and oxygen atoms in total. The Hall–Kier alpha value is -3.28. The van der Waals surface area contributed by atoms with Crippen molar-refractivity contribution in [2.75, 3.05) is 14.1 Å². The summed E-state index contributed by atoms with van der Waals surface area (Å²) in [5.41, 5.74) is 1.22. The normalized spacial score (nSPS) is 27.9. The second-order valence-electron chi connectivity index (χ2n) is 12.2. The molecule has 3 aliphatic carbocycles. The number of carbonyl (C=O) groups excluding carboxylic acids is 3. The van der Waals surface area contributed by atoms with Crippen molar-refractivity contribution in [3.8, 4) is 5.75 Å². The fourth-order valence-corrected chi connectivity index (χ4v) is 6.04. The smallest absolute Gasteiger partial charge is 0.255 e. The quantitative estimate of drug-likeness (QED) is 0.301. The molecule has 1 aromatic carbocycles. The average molecular weight is 546 g/mol. The molecule has 0 bridgehead atoms. The largest absolute Gasteiger partial charge is 0.508 e. The third-order valence-corrected chi connectivity index (χ3v) is 8.63. The average Bonchev–Trinajstić information content (AvgIpc) is 2.81. The molecule has 1 aromatic rings. The minimum absolute atomic E-state index is 0.0147. The molecule has 0 aromatic heterocycles. The van der Waals surface area contributed by atoms with Crippen molar-refractivity contribution >= 4 is 23.2 Å². The zero-order valence-corrected chi connectivity index (χ0v) is 22.9. The Morgan fingerprint density at radius 2 is 1.87 bits per heavy atom. The Morgan fingerprint density at radius 3 is 2.41 bits per heavy atom. The van der Waals surface area contributed by atoms with Crippen LogP contribution in [0.2, 0.25) is 0 Å². The molecule has 0 saturated heterocycles. The van der Waals surface area contributed by atoms with Crippen molar-refractivity contribution in [1.82, 2.24) is 10.2 Å². The zero-order chi connectivity index (χ0) is 29.4. The molecule has 0 unspecified atom stereocenters. The number of fused-ring (bicyclic) bond motifs is 3. The maximum atomic E-state index is 15.8. The first kappa shape index (κ1) is 28.7. The van der Waals surface area contributed by atoms with Crippen molar-refractivity contribution in [3.05, 3.63) is 45.5 Å². The van der Waals surface area contributed by atoms with E-state index >= 15 is 4.39 Å². The maximum Gasteiger partial charge on any atom is 0.255 e. The van der Waals surface area contributed by atoms with E-state index in [1.54, 1.807) is 0 Å². The van der Waals surface area contributed by atoms with Gasteiger partial charge in [0.05, 0.1) is 11.6 Å². The van der Waals surface area contributed by atoms with Gasteiger partial charge in [-0.2, -0.15) is 0 Å². The Bertz CT molecular complexity index is 1340. The molecule has 5 atom stereocenters. The lowest BCUT2D eigenvalue weighted by Crippen LogP contribution is -2.65. The molecule has 1 fully saturated rings. The third kappa shape index (κ3) is 4.23. The lowest BCUT2D eigenvalue weighted by Gasteiger charge is -2.50. The van der Waals surface area contributed by atoms with Crippen LogP contribution in [-0.2, 0) is 27.3 Å². The number of aliphatic hydroxyl groups is 3. The van der Waals surface area contributed by atoms with E-state index in [1.807, 2.05) is 27.7 Å². The summed E-state index contributed by atoms with van der Waals surface area (Å²) >= 11 is 0. The standard InChI is InChI=1S/C28H36FN3O7/c1-11(27(2,3)4)31-10-13-9-16(33)18-14(20(13)29)7-12-8-15-21(32(5)6)23(35)19(26(30)38)25(37)28(15,39)24(36)17(12)22(18)34/h9,11-12,15,21,31,33-34,37,39H,7-8,10H2,1-6H3,(H2,30,38)/t11-,12+,15+,21+,28+/m1/s1. The third-order valence-electron chi connectivity index (χ3n) is 8.63. The lowest BCUT2D eigenvalue weighted by atomic mass is 9.57. The topological polar surface area (TPSA) is 173 Å². The predicted octanol–water partition coefficient (Wildman–Crippen LogP) is 1.63. The number of aliphatic hydroxyl groups excluding tert-OH is 2. The highest BCUT2D eigenvalue weighted by atomic mass is 19.1. The molecule has 39 heavy (non-hydrogen) atoms. The zero-order valence-electron chi connectivity index (χ0n) is 22.9. The number of benzene rings is 1. The Kier molecular flexibility index (Phi) is 6.94. The van der Waals surface area contributed by atoms with Crippen molar-refractivity contribution in [3.63, 3.8) is 0 Å². The van der Waals surface area contributed by atoms with Crippen LogP contribution in [0.5, 0.6) is 5.75 Å². The number of likely N-dealkylation sites (N-methyl/N-ethyl adjacent to an activating group) is 1. The van der Waals surface area contributed by atoms with Crippen LogP contribution in [0.3, 0.4) is 0 Å². The van der Waals surface area contributed by atoms with Gasteiger partial charge in [-0.25, -0.2) is 4.39 Å². The molecule has 1 amide bonds. The molecule has 11 heteroatoms. The van der Waals surface area contributed by atoms with Gasteiger partial charge in [-0.15, -0.1) is 0 Å². The van der Waals surface area contributed by atoms with Gasteiger partial charge in [-0.3, -0.25) is 19.3 Å². The molecule has 212 valence electrons. The first-order chi connectivity index (χ1) is 17.9. The number of amides is 1. The summed E-state index contributed by atoms with van der Waals surface area (Å²) in [5.74, 6) is -8.30. The van der Waals surface area contributed by atoms with Gasteiger partial charge >= 0.3 is 0 Å². The number of carbonyl (C=O) groups is 3. The number of primary amides is 1.